The molecule has 2 rings (SSSR count). The number of hydrogen-bond acceptors (Lipinski definition) is 4. The van der Waals surface area contributed by atoms with E-state index < -0.39 is 5.54 Å². The van der Waals surface area contributed by atoms with Crippen LogP contribution in [0.15, 0.2) is 36.4 Å². The van der Waals surface area contributed by atoms with Crippen molar-refractivity contribution in [3.63, 3.8) is 0 Å². The van der Waals surface area contributed by atoms with E-state index in [4.69, 9.17) is 5.73 Å². The lowest BCUT2D eigenvalue weighted by atomic mass is 9.98. The number of carbonyl (C=O) groups is 1. The number of nitrogens with two attached hydrogens (primary N) is 1. The molecule has 3 N–H and O–H groups in total. The summed E-state index contributed by atoms with van der Waals surface area (Å²) in [6, 6.07) is 12.5. The molecule has 1 heterocycles. The Morgan fingerprint density at radius 1 is 1.12 bits per heavy atom. The standard InChI is InChI=1S/C21H29NO2S/c1-16-7-9-17(10-8-16)5-3-4-6-19(24)20-12-11-18(25-20)13-14-21(2,22)15-23/h7-12,23H,3-6,13-15,22H2,1-2H3. The molecule has 0 aliphatic carbocycles. The average Bonchev–Trinajstić information content (AvgIpc) is 3.08. The maximum atomic E-state index is 12.3. The Balaban J connectivity index is 1.73. The first-order valence-corrected chi connectivity index (χ1v) is 9.78. The van der Waals surface area contributed by atoms with Crippen molar-refractivity contribution in [2.24, 2.45) is 5.73 Å². The van der Waals surface area contributed by atoms with Crippen LogP contribution in [-0.2, 0) is 12.8 Å². The van der Waals surface area contributed by atoms with E-state index in [1.165, 1.54) is 11.1 Å². The van der Waals surface area contributed by atoms with Crippen molar-refractivity contribution < 1.29 is 9.90 Å². The molecule has 2 aromatic rings. The fraction of sp³-hybridized carbons (Fsp3) is 0.476. The lowest BCUT2D eigenvalue weighted by molar-refractivity contribution is 0.0983. The predicted molar refractivity (Wildman–Crippen MR) is 105 cm³/mol. The van der Waals surface area contributed by atoms with Gasteiger partial charge >= 0.3 is 0 Å². The second-order valence-corrected chi connectivity index (χ2v) is 8.36. The van der Waals surface area contributed by atoms with Crippen molar-refractivity contribution in [2.75, 3.05) is 6.61 Å². The van der Waals surface area contributed by atoms with Crippen molar-refractivity contribution >= 4 is 17.1 Å². The lowest BCUT2D eigenvalue weighted by Crippen LogP contribution is -2.40. The van der Waals surface area contributed by atoms with Crippen LogP contribution in [0.4, 0.5) is 0 Å². The van der Waals surface area contributed by atoms with Gasteiger partial charge in [0.25, 0.3) is 0 Å². The van der Waals surface area contributed by atoms with Crippen LogP contribution in [0.5, 0.6) is 0 Å². The first-order chi connectivity index (χ1) is 11.9. The second-order valence-electron chi connectivity index (χ2n) is 7.19. The molecule has 1 aromatic heterocycles. The Labute approximate surface area is 154 Å². The Morgan fingerprint density at radius 3 is 2.52 bits per heavy atom. The zero-order chi connectivity index (χ0) is 18.3. The largest absolute Gasteiger partial charge is 0.394 e. The SMILES string of the molecule is Cc1ccc(CCCCC(=O)c2ccc(CCC(C)(N)CO)s2)cc1. The highest BCUT2D eigenvalue weighted by Gasteiger charge is 2.17. The Kier molecular flexibility index (Phi) is 7.36. The number of benzene rings is 1. The van der Waals surface area contributed by atoms with Crippen molar-refractivity contribution in [3.05, 3.63) is 57.3 Å². The summed E-state index contributed by atoms with van der Waals surface area (Å²) in [7, 11) is 0. The monoisotopic (exact) mass is 359 g/mol. The third kappa shape index (κ3) is 6.73. The van der Waals surface area contributed by atoms with Crippen LogP contribution in [-0.4, -0.2) is 23.0 Å². The predicted octanol–water partition coefficient (Wildman–Crippen LogP) is 4.29. The Morgan fingerprint density at radius 2 is 1.84 bits per heavy atom. The molecule has 0 bridgehead atoms. The number of aryl methyl sites for hydroxylation is 3. The molecule has 0 amide bonds. The fourth-order valence-electron chi connectivity index (χ4n) is 2.64. The summed E-state index contributed by atoms with van der Waals surface area (Å²) in [4.78, 5) is 14.3. The van der Waals surface area contributed by atoms with Gasteiger partial charge in [0.1, 0.15) is 0 Å². The minimum Gasteiger partial charge on any atom is -0.394 e. The second kappa shape index (κ2) is 9.27. The van der Waals surface area contributed by atoms with Gasteiger partial charge in [0, 0.05) is 16.8 Å². The third-order valence-electron chi connectivity index (χ3n) is 4.48. The molecular weight excluding hydrogens is 330 g/mol. The Hall–Kier alpha value is -1.49. The molecule has 1 aromatic carbocycles. The Bertz CT molecular complexity index is 673. The normalized spacial score (nSPS) is 13.6. The molecule has 1 atom stereocenters. The van der Waals surface area contributed by atoms with Crippen molar-refractivity contribution in [1.29, 1.82) is 0 Å². The van der Waals surface area contributed by atoms with Crippen LogP contribution in [0.3, 0.4) is 0 Å². The molecule has 0 saturated heterocycles. The van der Waals surface area contributed by atoms with Crippen LogP contribution in [0.25, 0.3) is 0 Å². The number of thiophene rings is 1. The number of rotatable bonds is 10. The van der Waals surface area contributed by atoms with E-state index in [0.717, 1.165) is 35.4 Å². The molecule has 3 nitrogen and oxygen atoms in total. The number of carbonyl (C=O) groups excluding carboxylic acids is 1. The van der Waals surface area contributed by atoms with Gasteiger partial charge in [-0.15, -0.1) is 11.3 Å². The van der Waals surface area contributed by atoms with Gasteiger partial charge in [-0.25, -0.2) is 0 Å². The molecule has 0 spiro atoms. The fourth-order valence-corrected chi connectivity index (χ4v) is 3.62. The quantitative estimate of drug-likeness (QED) is 0.491. The van der Waals surface area contributed by atoms with Crippen molar-refractivity contribution in [3.8, 4) is 0 Å². The molecule has 0 radical (unpaired) electrons. The molecule has 0 aliphatic heterocycles. The number of ketones is 1. The highest BCUT2D eigenvalue weighted by Crippen LogP contribution is 2.22. The molecular formula is C21H29NO2S. The number of hydrogen-bond donors (Lipinski definition) is 2. The molecule has 0 aliphatic rings. The van der Waals surface area contributed by atoms with Gasteiger partial charge in [0.05, 0.1) is 11.5 Å². The molecule has 0 fully saturated rings. The third-order valence-corrected chi connectivity index (χ3v) is 5.67. The highest BCUT2D eigenvalue weighted by molar-refractivity contribution is 7.14. The molecule has 25 heavy (non-hydrogen) atoms. The number of aliphatic hydroxyl groups excluding tert-OH is 1. The van der Waals surface area contributed by atoms with Gasteiger partial charge in [0.15, 0.2) is 5.78 Å². The lowest BCUT2D eigenvalue weighted by Gasteiger charge is -2.20. The summed E-state index contributed by atoms with van der Waals surface area (Å²) in [5, 5.41) is 9.21. The van der Waals surface area contributed by atoms with E-state index >= 15 is 0 Å². The van der Waals surface area contributed by atoms with Crippen LogP contribution in [0, 0.1) is 6.92 Å². The zero-order valence-electron chi connectivity index (χ0n) is 15.3. The van der Waals surface area contributed by atoms with Gasteiger partial charge < -0.3 is 10.8 Å². The van der Waals surface area contributed by atoms with Gasteiger partial charge in [0.2, 0.25) is 0 Å². The van der Waals surface area contributed by atoms with E-state index in [1.807, 2.05) is 19.1 Å². The topological polar surface area (TPSA) is 63.3 Å². The van der Waals surface area contributed by atoms with E-state index in [0.29, 0.717) is 12.8 Å². The van der Waals surface area contributed by atoms with E-state index in [1.54, 1.807) is 11.3 Å². The molecule has 136 valence electrons. The first-order valence-electron chi connectivity index (χ1n) is 8.97. The highest BCUT2D eigenvalue weighted by atomic mass is 32.1. The van der Waals surface area contributed by atoms with Crippen molar-refractivity contribution in [1.82, 2.24) is 0 Å². The van der Waals surface area contributed by atoms with Gasteiger partial charge in [-0.1, -0.05) is 29.8 Å². The zero-order valence-corrected chi connectivity index (χ0v) is 16.1. The van der Waals surface area contributed by atoms with Crippen LogP contribution >= 0.6 is 11.3 Å². The maximum Gasteiger partial charge on any atom is 0.172 e. The van der Waals surface area contributed by atoms with E-state index in [9.17, 15) is 9.90 Å². The number of unbranched alkanes of at least 4 members (excludes halogenated alkanes) is 1. The molecule has 1 unspecified atom stereocenters. The minimum atomic E-state index is -0.551. The molecule has 4 heteroatoms. The van der Waals surface area contributed by atoms with E-state index in [2.05, 4.69) is 31.2 Å². The minimum absolute atomic E-state index is 0.0227. The smallest absolute Gasteiger partial charge is 0.172 e. The van der Waals surface area contributed by atoms with Gasteiger partial charge in [-0.3, -0.25) is 4.79 Å². The van der Waals surface area contributed by atoms with Gasteiger partial charge in [-0.05, 0) is 63.6 Å². The van der Waals surface area contributed by atoms with Crippen LogP contribution < -0.4 is 5.73 Å². The summed E-state index contributed by atoms with van der Waals surface area (Å²) in [5.74, 6) is 0.234. The first kappa shape index (κ1) is 19.8. The van der Waals surface area contributed by atoms with Crippen LogP contribution in [0.1, 0.15) is 58.3 Å². The summed E-state index contributed by atoms with van der Waals surface area (Å²) in [6.07, 6.45) is 5.12. The van der Waals surface area contributed by atoms with Crippen LogP contribution in [0.2, 0.25) is 0 Å². The number of Topliss-reactive ketones (excluding diaryl/α,β-unsaturated/α-hetero) is 1. The van der Waals surface area contributed by atoms with Crippen molar-refractivity contribution in [2.45, 2.75) is 57.9 Å². The van der Waals surface area contributed by atoms with Gasteiger partial charge in [-0.2, -0.15) is 0 Å². The number of aliphatic hydroxyl groups is 1. The summed E-state index contributed by atoms with van der Waals surface area (Å²) >= 11 is 1.56. The summed E-state index contributed by atoms with van der Waals surface area (Å²) in [5.41, 5.74) is 8.02. The summed E-state index contributed by atoms with van der Waals surface area (Å²) in [6.45, 7) is 3.92. The average molecular weight is 360 g/mol. The summed E-state index contributed by atoms with van der Waals surface area (Å²) < 4.78 is 0. The van der Waals surface area contributed by atoms with E-state index in [-0.39, 0.29) is 12.4 Å². The maximum absolute atomic E-state index is 12.3. The molecule has 0 saturated carbocycles.